The molecule has 1 fully saturated rings. The van der Waals surface area contributed by atoms with Gasteiger partial charge in [0.25, 0.3) is 0 Å². The molecule has 2 N–H and O–H groups in total. The number of aromatic amines is 1. The molecule has 1 aromatic carbocycles. The number of benzene rings is 1. The minimum Gasteiger partial charge on any atom is -0.495 e. The maximum absolute atomic E-state index is 10.00. The summed E-state index contributed by atoms with van der Waals surface area (Å²) in [4.78, 5) is 3.33. The first-order valence-corrected chi connectivity index (χ1v) is 7.02. The molecule has 2 aromatic rings. The van der Waals surface area contributed by atoms with E-state index in [0.29, 0.717) is 5.92 Å². The number of hydrogen-bond acceptors (Lipinski definition) is 2. The zero-order chi connectivity index (χ0) is 13.4. The Morgan fingerprint density at radius 1 is 1.37 bits per heavy atom. The quantitative estimate of drug-likeness (QED) is 0.889. The second kappa shape index (κ2) is 4.89. The Hall–Kier alpha value is -1.48. The molecule has 0 aliphatic heterocycles. The number of nitrogens with one attached hydrogen (secondary N) is 1. The SMILES string of the molecule is COc1ccc(C)c2c(CC3CCCC3O)c[nH]c12. The van der Waals surface area contributed by atoms with Crippen LogP contribution in [0.15, 0.2) is 18.3 Å². The van der Waals surface area contributed by atoms with Crippen LogP contribution in [0, 0.1) is 12.8 Å². The second-order valence-corrected chi connectivity index (χ2v) is 5.61. The number of fused-ring (bicyclic) bond motifs is 1. The first-order chi connectivity index (χ1) is 9.20. The Morgan fingerprint density at radius 3 is 2.89 bits per heavy atom. The van der Waals surface area contributed by atoms with Crippen molar-refractivity contribution in [1.82, 2.24) is 4.98 Å². The molecular formula is C16H21NO2. The zero-order valence-electron chi connectivity index (χ0n) is 11.6. The van der Waals surface area contributed by atoms with Crippen LogP contribution < -0.4 is 4.74 Å². The molecule has 0 spiro atoms. The summed E-state index contributed by atoms with van der Waals surface area (Å²) in [7, 11) is 1.70. The zero-order valence-corrected chi connectivity index (χ0v) is 11.6. The van der Waals surface area contributed by atoms with Crippen LogP contribution >= 0.6 is 0 Å². The van der Waals surface area contributed by atoms with Crippen LogP contribution in [0.5, 0.6) is 5.75 Å². The number of hydrogen-bond donors (Lipinski definition) is 2. The van der Waals surface area contributed by atoms with Crippen molar-refractivity contribution < 1.29 is 9.84 Å². The van der Waals surface area contributed by atoms with Crippen molar-refractivity contribution in [1.29, 1.82) is 0 Å². The monoisotopic (exact) mass is 259 g/mol. The molecule has 1 saturated carbocycles. The van der Waals surface area contributed by atoms with Crippen molar-refractivity contribution in [3.63, 3.8) is 0 Å². The molecule has 0 bridgehead atoms. The third-order valence-electron chi connectivity index (χ3n) is 4.41. The molecule has 3 rings (SSSR count). The van der Waals surface area contributed by atoms with Crippen LogP contribution in [0.3, 0.4) is 0 Å². The summed E-state index contributed by atoms with van der Waals surface area (Å²) in [5.74, 6) is 1.29. The standard InChI is InChI=1S/C16H21NO2/c1-10-6-7-14(19-2)16-15(10)12(9-17-16)8-11-4-3-5-13(11)18/h6-7,9,11,13,17-18H,3-5,8H2,1-2H3. The summed E-state index contributed by atoms with van der Waals surface area (Å²) in [5.41, 5.74) is 3.64. The van der Waals surface area contributed by atoms with Crippen LogP contribution in [0.1, 0.15) is 30.4 Å². The number of aryl methyl sites for hydroxylation is 1. The molecular weight excluding hydrogens is 238 g/mol. The van der Waals surface area contributed by atoms with Crippen molar-refractivity contribution in [3.05, 3.63) is 29.5 Å². The lowest BCUT2D eigenvalue weighted by Gasteiger charge is -2.14. The molecule has 19 heavy (non-hydrogen) atoms. The predicted molar refractivity (Wildman–Crippen MR) is 76.6 cm³/mol. The third kappa shape index (κ3) is 2.12. The number of aromatic nitrogens is 1. The molecule has 1 aliphatic rings. The van der Waals surface area contributed by atoms with Gasteiger partial charge in [0.15, 0.2) is 0 Å². The molecule has 3 nitrogen and oxygen atoms in total. The van der Waals surface area contributed by atoms with Gasteiger partial charge in [0, 0.05) is 11.6 Å². The van der Waals surface area contributed by atoms with Crippen LogP contribution in [0.25, 0.3) is 10.9 Å². The first kappa shape index (κ1) is 12.5. The largest absolute Gasteiger partial charge is 0.495 e. The molecule has 2 unspecified atom stereocenters. The number of aliphatic hydroxyl groups excluding tert-OH is 1. The summed E-state index contributed by atoms with van der Waals surface area (Å²) in [6.45, 7) is 2.13. The van der Waals surface area contributed by atoms with Gasteiger partial charge in [-0.25, -0.2) is 0 Å². The molecule has 1 heterocycles. The highest BCUT2D eigenvalue weighted by molar-refractivity contribution is 5.91. The van der Waals surface area contributed by atoms with Gasteiger partial charge in [-0.3, -0.25) is 0 Å². The summed E-state index contributed by atoms with van der Waals surface area (Å²) in [6, 6.07) is 4.10. The average Bonchev–Trinajstić information content (AvgIpc) is 2.99. The van der Waals surface area contributed by atoms with Crippen molar-refractivity contribution in [3.8, 4) is 5.75 Å². The lowest BCUT2D eigenvalue weighted by Crippen LogP contribution is -2.15. The second-order valence-electron chi connectivity index (χ2n) is 5.61. The van der Waals surface area contributed by atoms with E-state index in [9.17, 15) is 5.11 Å². The maximum atomic E-state index is 10.00. The van der Waals surface area contributed by atoms with E-state index in [-0.39, 0.29) is 6.10 Å². The van der Waals surface area contributed by atoms with Crippen molar-refractivity contribution >= 4 is 10.9 Å². The van der Waals surface area contributed by atoms with E-state index in [0.717, 1.165) is 36.9 Å². The van der Waals surface area contributed by atoms with Crippen LogP contribution in [0.4, 0.5) is 0 Å². The summed E-state index contributed by atoms with van der Waals surface area (Å²) < 4.78 is 5.41. The highest BCUT2D eigenvalue weighted by Crippen LogP contribution is 2.34. The molecule has 0 radical (unpaired) electrons. The molecule has 1 aromatic heterocycles. The van der Waals surface area contributed by atoms with Gasteiger partial charge in [0.2, 0.25) is 0 Å². The fraction of sp³-hybridized carbons (Fsp3) is 0.500. The number of methoxy groups -OCH3 is 1. The van der Waals surface area contributed by atoms with E-state index >= 15 is 0 Å². The van der Waals surface area contributed by atoms with E-state index in [2.05, 4.69) is 24.2 Å². The Balaban J connectivity index is 2.00. The van der Waals surface area contributed by atoms with Gasteiger partial charge in [-0.15, -0.1) is 0 Å². The van der Waals surface area contributed by atoms with Gasteiger partial charge in [0.1, 0.15) is 5.75 Å². The molecule has 3 heteroatoms. The van der Waals surface area contributed by atoms with Crippen molar-refractivity contribution in [2.75, 3.05) is 7.11 Å². The van der Waals surface area contributed by atoms with Crippen LogP contribution in [-0.4, -0.2) is 23.3 Å². The predicted octanol–water partition coefficient (Wildman–Crippen LogP) is 3.19. The number of ether oxygens (including phenoxy) is 1. The van der Waals surface area contributed by atoms with E-state index in [1.165, 1.54) is 16.5 Å². The van der Waals surface area contributed by atoms with E-state index in [1.807, 2.05) is 6.07 Å². The Kier molecular flexibility index (Phi) is 3.23. The molecule has 1 aliphatic carbocycles. The highest BCUT2D eigenvalue weighted by atomic mass is 16.5. The smallest absolute Gasteiger partial charge is 0.142 e. The van der Waals surface area contributed by atoms with Crippen LogP contribution in [-0.2, 0) is 6.42 Å². The Labute approximate surface area is 113 Å². The van der Waals surface area contributed by atoms with Crippen molar-refractivity contribution in [2.45, 2.75) is 38.7 Å². The molecule has 0 amide bonds. The normalized spacial score (nSPS) is 23.1. The van der Waals surface area contributed by atoms with E-state index in [1.54, 1.807) is 7.11 Å². The Morgan fingerprint density at radius 2 is 2.21 bits per heavy atom. The number of aliphatic hydroxyl groups is 1. The summed E-state index contributed by atoms with van der Waals surface area (Å²) >= 11 is 0. The van der Waals surface area contributed by atoms with Gasteiger partial charge in [0.05, 0.1) is 18.7 Å². The lowest BCUT2D eigenvalue weighted by atomic mass is 9.94. The average molecular weight is 259 g/mol. The van der Waals surface area contributed by atoms with Crippen molar-refractivity contribution in [2.24, 2.45) is 5.92 Å². The van der Waals surface area contributed by atoms with E-state index < -0.39 is 0 Å². The minimum atomic E-state index is -0.129. The van der Waals surface area contributed by atoms with E-state index in [4.69, 9.17) is 4.74 Å². The topological polar surface area (TPSA) is 45.2 Å². The Bertz CT molecular complexity index is 588. The molecule has 102 valence electrons. The summed E-state index contributed by atoms with van der Waals surface area (Å²) in [5, 5.41) is 11.3. The number of rotatable bonds is 3. The summed E-state index contributed by atoms with van der Waals surface area (Å²) in [6.07, 6.45) is 6.14. The molecule has 0 saturated heterocycles. The fourth-order valence-corrected chi connectivity index (χ4v) is 3.35. The van der Waals surface area contributed by atoms with Gasteiger partial charge in [-0.1, -0.05) is 12.5 Å². The van der Waals surface area contributed by atoms with Gasteiger partial charge in [-0.2, -0.15) is 0 Å². The third-order valence-corrected chi connectivity index (χ3v) is 4.41. The first-order valence-electron chi connectivity index (χ1n) is 7.02. The number of H-pyrrole nitrogens is 1. The maximum Gasteiger partial charge on any atom is 0.142 e. The minimum absolute atomic E-state index is 0.129. The van der Waals surface area contributed by atoms with Gasteiger partial charge in [-0.05, 0) is 49.3 Å². The van der Waals surface area contributed by atoms with Gasteiger partial charge < -0.3 is 14.8 Å². The lowest BCUT2D eigenvalue weighted by molar-refractivity contribution is 0.133. The molecule has 2 atom stereocenters. The van der Waals surface area contributed by atoms with Crippen LogP contribution in [0.2, 0.25) is 0 Å². The fourth-order valence-electron chi connectivity index (χ4n) is 3.35. The van der Waals surface area contributed by atoms with Gasteiger partial charge >= 0.3 is 0 Å². The highest BCUT2D eigenvalue weighted by Gasteiger charge is 2.26.